The third-order valence-electron chi connectivity index (χ3n) is 3.30. The van der Waals surface area contributed by atoms with Crippen LogP contribution in [0.3, 0.4) is 0 Å². The van der Waals surface area contributed by atoms with E-state index >= 15 is 0 Å². The van der Waals surface area contributed by atoms with Crippen molar-refractivity contribution in [3.8, 4) is 0 Å². The average molecular weight is 271 g/mol. The minimum Gasteiger partial charge on any atom is -0.313 e. The number of hydrogen-bond acceptors (Lipinski definition) is 2. The zero-order valence-electron chi connectivity index (χ0n) is 11.8. The normalized spacial score (nSPS) is 12.4. The lowest BCUT2D eigenvalue weighted by Gasteiger charge is -2.11. The lowest BCUT2D eigenvalue weighted by molar-refractivity contribution is 0.652. The summed E-state index contributed by atoms with van der Waals surface area (Å²) >= 11 is 1.89. The highest BCUT2D eigenvalue weighted by molar-refractivity contribution is 7.98. The summed E-state index contributed by atoms with van der Waals surface area (Å²) in [7, 11) is 1.99. The van der Waals surface area contributed by atoms with Crippen LogP contribution in [0.5, 0.6) is 0 Å². The first kappa shape index (κ1) is 14.2. The van der Waals surface area contributed by atoms with Gasteiger partial charge in [-0.2, -0.15) is 0 Å². The van der Waals surface area contributed by atoms with Gasteiger partial charge in [0.1, 0.15) is 0 Å². The fourth-order valence-corrected chi connectivity index (χ4v) is 2.83. The van der Waals surface area contributed by atoms with Crippen molar-refractivity contribution in [1.29, 1.82) is 0 Å². The number of hydrogen-bond donors (Lipinski definition) is 1. The first-order valence-electron chi connectivity index (χ1n) is 6.64. The molecule has 0 bridgehead atoms. The molecule has 0 aromatic heterocycles. The monoisotopic (exact) mass is 271 g/mol. The molecule has 0 aliphatic heterocycles. The zero-order valence-corrected chi connectivity index (χ0v) is 12.6. The maximum Gasteiger partial charge on any atom is 0.0289 e. The van der Waals surface area contributed by atoms with E-state index in [1.54, 1.807) is 0 Å². The van der Waals surface area contributed by atoms with E-state index < -0.39 is 0 Å². The SMILES string of the molecule is CNC(C)c1ccc(SCc2cccc(C)c2)cc1. The van der Waals surface area contributed by atoms with Gasteiger partial charge in [-0.25, -0.2) is 0 Å². The van der Waals surface area contributed by atoms with Gasteiger partial charge in [-0.1, -0.05) is 42.0 Å². The van der Waals surface area contributed by atoms with Gasteiger partial charge in [0.05, 0.1) is 0 Å². The van der Waals surface area contributed by atoms with Gasteiger partial charge in [0, 0.05) is 16.7 Å². The van der Waals surface area contributed by atoms with E-state index in [1.807, 2.05) is 18.8 Å². The van der Waals surface area contributed by atoms with Crippen molar-refractivity contribution in [2.45, 2.75) is 30.5 Å². The van der Waals surface area contributed by atoms with Crippen LogP contribution >= 0.6 is 11.8 Å². The summed E-state index contributed by atoms with van der Waals surface area (Å²) in [5.41, 5.74) is 4.05. The Bertz CT molecular complexity index is 519. The van der Waals surface area contributed by atoms with Crippen molar-refractivity contribution in [1.82, 2.24) is 5.32 Å². The van der Waals surface area contributed by atoms with Crippen molar-refractivity contribution in [2.24, 2.45) is 0 Å². The van der Waals surface area contributed by atoms with Gasteiger partial charge in [-0.05, 0) is 44.2 Å². The van der Waals surface area contributed by atoms with E-state index in [1.165, 1.54) is 21.6 Å². The Balaban J connectivity index is 1.96. The van der Waals surface area contributed by atoms with Gasteiger partial charge < -0.3 is 5.32 Å². The molecular weight excluding hydrogens is 250 g/mol. The molecule has 0 spiro atoms. The van der Waals surface area contributed by atoms with E-state index in [4.69, 9.17) is 0 Å². The molecule has 2 aromatic carbocycles. The third kappa shape index (κ3) is 4.12. The number of aryl methyl sites for hydroxylation is 1. The molecule has 1 atom stereocenters. The van der Waals surface area contributed by atoms with Crippen molar-refractivity contribution in [2.75, 3.05) is 7.05 Å². The van der Waals surface area contributed by atoms with Gasteiger partial charge in [0.15, 0.2) is 0 Å². The van der Waals surface area contributed by atoms with Crippen molar-refractivity contribution < 1.29 is 0 Å². The molecule has 2 aromatic rings. The maximum absolute atomic E-state index is 3.26. The molecule has 0 saturated heterocycles. The summed E-state index contributed by atoms with van der Waals surface area (Å²) < 4.78 is 0. The molecule has 0 saturated carbocycles. The van der Waals surface area contributed by atoms with Crippen LogP contribution in [0.25, 0.3) is 0 Å². The Morgan fingerprint density at radius 3 is 2.47 bits per heavy atom. The highest BCUT2D eigenvalue weighted by Crippen LogP contribution is 2.24. The Kier molecular flexibility index (Phi) is 5.06. The van der Waals surface area contributed by atoms with E-state index in [0.717, 1.165) is 5.75 Å². The predicted molar refractivity (Wildman–Crippen MR) is 84.7 cm³/mol. The summed E-state index contributed by atoms with van der Waals surface area (Å²) in [5, 5.41) is 3.26. The second-order valence-electron chi connectivity index (χ2n) is 4.86. The maximum atomic E-state index is 3.26. The lowest BCUT2D eigenvalue weighted by Crippen LogP contribution is -2.11. The topological polar surface area (TPSA) is 12.0 Å². The molecule has 0 aliphatic carbocycles. The summed E-state index contributed by atoms with van der Waals surface area (Å²) in [6.07, 6.45) is 0. The molecule has 1 nitrogen and oxygen atoms in total. The quantitative estimate of drug-likeness (QED) is 0.800. The smallest absolute Gasteiger partial charge is 0.0289 e. The minimum atomic E-state index is 0.413. The molecule has 100 valence electrons. The van der Waals surface area contributed by atoms with E-state index in [-0.39, 0.29) is 0 Å². The van der Waals surface area contributed by atoms with Crippen LogP contribution in [-0.2, 0) is 5.75 Å². The zero-order chi connectivity index (χ0) is 13.7. The van der Waals surface area contributed by atoms with Crippen LogP contribution in [0.2, 0.25) is 0 Å². The minimum absolute atomic E-state index is 0.413. The molecule has 2 rings (SSSR count). The van der Waals surface area contributed by atoms with Gasteiger partial charge in [-0.3, -0.25) is 0 Å². The molecule has 2 heteroatoms. The molecule has 0 aliphatic rings. The van der Waals surface area contributed by atoms with E-state index in [9.17, 15) is 0 Å². The summed E-state index contributed by atoms with van der Waals surface area (Å²) in [6.45, 7) is 4.32. The molecule has 1 N–H and O–H groups in total. The fourth-order valence-electron chi connectivity index (χ4n) is 1.99. The number of benzene rings is 2. The second kappa shape index (κ2) is 6.78. The lowest BCUT2D eigenvalue weighted by atomic mass is 10.1. The molecule has 0 fully saturated rings. The molecule has 0 radical (unpaired) electrons. The van der Waals surface area contributed by atoms with Crippen molar-refractivity contribution >= 4 is 11.8 Å². The van der Waals surface area contributed by atoms with E-state index in [0.29, 0.717) is 6.04 Å². The van der Waals surface area contributed by atoms with Crippen LogP contribution in [0.1, 0.15) is 29.7 Å². The average Bonchev–Trinajstić information content (AvgIpc) is 2.45. The fraction of sp³-hybridized carbons (Fsp3) is 0.294. The van der Waals surface area contributed by atoms with Crippen LogP contribution in [-0.4, -0.2) is 7.05 Å². The first-order valence-corrected chi connectivity index (χ1v) is 7.63. The van der Waals surface area contributed by atoms with Crippen LogP contribution in [0.4, 0.5) is 0 Å². The van der Waals surface area contributed by atoms with Crippen LogP contribution in [0, 0.1) is 6.92 Å². The van der Waals surface area contributed by atoms with Crippen molar-refractivity contribution in [3.63, 3.8) is 0 Å². The molecule has 0 amide bonds. The largest absolute Gasteiger partial charge is 0.313 e. The molecule has 1 unspecified atom stereocenters. The van der Waals surface area contributed by atoms with Crippen molar-refractivity contribution in [3.05, 3.63) is 65.2 Å². The Hall–Kier alpha value is -1.25. The number of nitrogens with one attached hydrogen (secondary N) is 1. The van der Waals surface area contributed by atoms with Gasteiger partial charge in [0.25, 0.3) is 0 Å². The van der Waals surface area contributed by atoms with E-state index in [2.05, 4.69) is 67.7 Å². The first-order chi connectivity index (χ1) is 9.19. The molecular formula is C17H21NS. The summed E-state index contributed by atoms with van der Waals surface area (Å²) in [5.74, 6) is 1.03. The van der Waals surface area contributed by atoms with Gasteiger partial charge in [-0.15, -0.1) is 11.8 Å². The summed E-state index contributed by atoms with van der Waals surface area (Å²) in [4.78, 5) is 1.33. The summed E-state index contributed by atoms with van der Waals surface area (Å²) in [6, 6.07) is 18.0. The number of rotatable bonds is 5. The Labute approximate surface area is 120 Å². The second-order valence-corrected chi connectivity index (χ2v) is 5.91. The Morgan fingerprint density at radius 2 is 1.84 bits per heavy atom. The van der Waals surface area contributed by atoms with Gasteiger partial charge in [0.2, 0.25) is 0 Å². The molecule has 19 heavy (non-hydrogen) atoms. The standard InChI is InChI=1S/C17H21NS/c1-13-5-4-6-15(11-13)12-19-17-9-7-16(8-10-17)14(2)18-3/h4-11,14,18H,12H2,1-3H3. The van der Waals surface area contributed by atoms with Crippen LogP contribution in [0.15, 0.2) is 53.4 Å². The Morgan fingerprint density at radius 1 is 1.11 bits per heavy atom. The highest BCUT2D eigenvalue weighted by Gasteiger charge is 2.02. The third-order valence-corrected chi connectivity index (χ3v) is 4.38. The number of thioether (sulfide) groups is 1. The predicted octanol–water partition coefficient (Wildman–Crippen LogP) is 4.57. The highest BCUT2D eigenvalue weighted by atomic mass is 32.2. The van der Waals surface area contributed by atoms with Crippen LogP contribution < -0.4 is 5.32 Å². The molecule has 0 heterocycles. The van der Waals surface area contributed by atoms with Gasteiger partial charge >= 0.3 is 0 Å².